The highest BCUT2D eigenvalue weighted by atomic mass is 19.4. The molecule has 43 heavy (non-hydrogen) atoms. The van der Waals surface area contributed by atoms with E-state index >= 15 is 0 Å². The lowest BCUT2D eigenvalue weighted by molar-refractivity contribution is -0.227. The van der Waals surface area contributed by atoms with Gasteiger partial charge >= 0.3 is 12.2 Å². The van der Waals surface area contributed by atoms with E-state index in [1.807, 2.05) is 0 Å². The number of hydrogen-bond donors (Lipinski definition) is 2. The van der Waals surface area contributed by atoms with Crippen LogP contribution >= 0.6 is 0 Å². The van der Waals surface area contributed by atoms with Crippen LogP contribution in [0.2, 0.25) is 0 Å². The Hall–Kier alpha value is -3.93. The maximum Gasteiger partial charge on any atom is 0.414 e. The van der Waals surface area contributed by atoms with Crippen LogP contribution in [0.3, 0.4) is 0 Å². The van der Waals surface area contributed by atoms with Gasteiger partial charge in [0.2, 0.25) is 0 Å². The molecular formula is C25H29F5N8O5. The zero-order chi connectivity index (χ0) is 31.1. The number of alkyl halides is 5. The third-order valence-electron chi connectivity index (χ3n) is 7.25. The number of halogens is 5. The molecular weight excluding hydrogens is 587 g/mol. The molecule has 2 aliphatic rings. The van der Waals surface area contributed by atoms with Crippen molar-refractivity contribution in [2.45, 2.75) is 69.0 Å². The van der Waals surface area contributed by atoms with Gasteiger partial charge in [0.1, 0.15) is 5.69 Å². The van der Waals surface area contributed by atoms with E-state index in [1.54, 1.807) is 0 Å². The van der Waals surface area contributed by atoms with Gasteiger partial charge in [-0.15, -0.1) is 0 Å². The van der Waals surface area contributed by atoms with Crippen LogP contribution in [0.1, 0.15) is 72.1 Å². The number of carbonyl (C=O) groups excluding carboxylic acids is 2. The van der Waals surface area contributed by atoms with E-state index in [1.165, 1.54) is 37.0 Å². The highest BCUT2D eigenvalue weighted by molar-refractivity contribution is 5.93. The second-order valence-electron chi connectivity index (χ2n) is 10.6. The normalized spacial score (nSPS) is 20.0. The summed E-state index contributed by atoms with van der Waals surface area (Å²) >= 11 is 0. The predicted molar refractivity (Wildman–Crippen MR) is 135 cm³/mol. The summed E-state index contributed by atoms with van der Waals surface area (Å²) in [5.74, 6) is -3.92. The summed E-state index contributed by atoms with van der Waals surface area (Å²) in [4.78, 5) is 31.1. The van der Waals surface area contributed by atoms with Crippen LogP contribution in [-0.2, 0) is 9.47 Å². The molecule has 0 aromatic carbocycles. The number of imidazole rings is 1. The molecule has 0 bridgehead atoms. The number of rotatable bonds is 11. The van der Waals surface area contributed by atoms with Crippen LogP contribution in [0, 0.1) is 0 Å². The Morgan fingerprint density at radius 2 is 2.02 bits per heavy atom. The first-order valence-corrected chi connectivity index (χ1v) is 13.4. The number of fused-ring (bicyclic) bond motifs is 1. The number of urea groups is 1. The first kappa shape index (κ1) is 30.5. The highest BCUT2D eigenvalue weighted by Crippen LogP contribution is 2.40. The molecule has 3 amide bonds. The molecule has 1 saturated carbocycles. The van der Waals surface area contributed by atoms with Crippen LogP contribution < -0.4 is 10.6 Å². The summed E-state index contributed by atoms with van der Waals surface area (Å²) in [5.41, 5.74) is 0.834. The third-order valence-corrected chi connectivity index (χ3v) is 7.25. The topological polar surface area (TPSA) is 149 Å². The number of hydrogen-bond acceptors (Lipinski definition) is 9. The average Bonchev–Trinajstić information content (AvgIpc) is 3.50. The van der Waals surface area contributed by atoms with Gasteiger partial charge in [-0.25, -0.2) is 27.7 Å². The molecule has 0 unspecified atom stereocenters. The zero-order valence-corrected chi connectivity index (χ0v) is 23.3. The van der Waals surface area contributed by atoms with Gasteiger partial charge in [0.25, 0.3) is 11.8 Å². The molecule has 13 nitrogen and oxygen atoms in total. The van der Waals surface area contributed by atoms with E-state index in [0.717, 1.165) is 24.7 Å². The molecule has 1 saturated heterocycles. The number of nitrogens with one attached hydrogen (secondary N) is 2. The maximum absolute atomic E-state index is 14.1. The van der Waals surface area contributed by atoms with E-state index in [9.17, 15) is 31.5 Å². The standard InChI is InChI=1S/C25H29F5N8O5/c1-12(42-13(2)25(28,29)30)19(34-22(39)21-20(14-4-5-14)35-43-36-21)16-8-38-18(33-16)6-15(7-32-38)17(9-41-3)37-11-24(26,27)10-31-23(37)40/h6-8,12-14,17,19H,4-5,9-11H2,1-3H3,(H,31,40)(H,34,39)/t12-,13+,17-,19+/m1/s1. The van der Waals surface area contributed by atoms with Crippen molar-refractivity contribution in [3.8, 4) is 0 Å². The van der Waals surface area contributed by atoms with Crippen molar-refractivity contribution in [2.24, 2.45) is 0 Å². The second-order valence-corrected chi connectivity index (χ2v) is 10.6. The summed E-state index contributed by atoms with van der Waals surface area (Å²) in [6.45, 7) is 0.412. The van der Waals surface area contributed by atoms with Gasteiger partial charge in [0, 0.05) is 18.6 Å². The molecule has 4 heterocycles. The van der Waals surface area contributed by atoms with Gasteiger partial charge < -0.3 is 25.0 Å². The smallest absolute Gasteiger partial charge is 0.382 e. The fourth-order valence-corrected chi connectivity index (χ4v) is 4.80. The summed E-state index contributed by atoms with van der Waals surface area (Å²) in [6, 6.07) is -1.40. The number of nitrogens with zero attached hydrogens (tertiary/aromatic N) is 6. The fourth-order valence-electron chi connectivity index (χ4n) is 4.80. The number of ether oxygens (including phenoxy) is 2. The van der Waals surface area contributed by atoms with Crippen molar-refractivity contribution in [2.75, 3.05) is 26.8 Å². The Morgan fingerprint density at radius 1 is 1.28 bits per heavy atom. The van der Waals surface area contributed by atoms with Crippen LogP contribution in [0.5, 0.6) is 0 Å². The summed E-state index contributed by atoms with van der Waals surface area (Å²) in [6.07, 6.45) is -3.76. The van der Waals surface area contributed by atoms with E-state index in [0.29, 0.717) is 11.3 Å². The number of methoxy groups -OCH3 is 1. The molecule has 2 N–H and O–H groups in total. The monoisotopic (exact) mass is 616 g/mol. The molecule has 0 spiro atoms. The third kappa shape index (κ3) is 6.69. The van der Waals surface area contributed by atoms with Gasteiger partial charge in [-0.3, -0.25) is 4.79 Å². The minimum absolute atomic E-state index is 0.00386. The molecule has 4 atom stereocenters. The van der Waals surface area contributed by atoms with Crippen LogP contribution in [0.4, 0.5) is 26.7 Å². The number of aromatic nitrogens is 5. The van der Waals surface area contributed by atoms with Gasteiger partial charge in [-0.05, 0) is 37.9 Å². The lowest BCUT2D eigenvalue weighted by atomic mass is 10.1. The number of amides is 3. The van der Waals surface area contributed by atoms with Gasteiger partial charge in [-0.1, -0.05) is 5.16 Å². The van der Waals surface area contributed by atoms with Gasteiger partial charge in [-0.2, -0.15) is 18.3 Å². The Morgan fingerprint density at radius 3 is 2.70 bits per heavy atom. The Bertz CT molecular complexity index is 1480. The molecule has 3 aromatic rings. The van der Waals surface area contributed by atoms with E-state index in [4.69, 9.17) is 14.1 Å². The van der Waals surface area contributed by atoms with Crippen molar-refractivity contribution in [3.63, 3.8) is 0 Å². The molecule has 1 aliphatic heterocycles. The van der Waals surface area contributed by atoms with Gasteiger partial charge in [0.05, 0.1) is 56.0 Å². The fraction of sp³-hybridized carbons (Fsp3) is 0.600. The Labute approximate surface area is 241 Å². The quantitative estimate of drug-likeness (QED) is 0.310. The number of carbonyl (C=O) groups is 2. The lowest BCUT2D eigenvalue weighted by Crippen LogP contribution is -2.58. The maximum atomic E-state index is 14.1. The zero-order valence-electron chi connectivity index (χ0n) is 23.3. The molecule has 18 heteroatoms. The predicted octanol–water partition coefficient (Wildman–Crippen LogP) is 3.16. The second kappa shape index (κ2) is 11.6. The van der Waals surface area contributed by atoms with Crippen molar-refractivity contribution in [1.29, 1.82) is 0 Å². The van der Waals surface area contributed by atoms with Crippen molar-refractivity contribution in [1.82, 2.24) is 40.4 Å². The van der Waals surface area contributed by atoms with Crippen molar-refractivity contribution in [3.05, 3.63) is 41.1 Å². The first-order valence-electron chi connectivity index (χ1n) is 13.4. The summed E-state index contributed by atoms with van der Waals surface area (Å²) in [5, 5.41) is 16.5. The van der Waals surface area contributed by atoms with Crippen LogP contribution in [0.15, 0.2) is 23.1 Å². The van der Waals surface area contributed by atoms with E-state index < -0.39 is 61.4 Å². The lowest BCUT2D eigenvalue weighted by Gasteiger charge is -2.38. The Balaban J connectivity index is 1.46. The molecule has 0 radical (unpaired) electrons. The molecule has 2 fully saturated rings. The van der Waals surface area contributed by atoms with E-state index in [2.05, 4.69) is 31.0 Å². The molecule has 3 aromatic heterocycles. The van der Waals surface area contributed by atoms with Crippen LogP contribution in [-0.4, -0.2) is 92.9 Å². The summed E-state index contributed by atoms with van der Waals surface area (Å²) < 4.78 is 84.7. The highest BCUT2D eigenvalue weighted by Gasteiger charge is 2.43. The largest absolute Gasteiger partial charge is 0.414 e. The SMILES string of the molecule is COC[C@H](c1cnn2cc([C@@H](NC(=O)c3nonc3C3CC3)[C@@H](C)O[C@@H](C)C(F)(F)F)nc2c1)N1CC(F)(F)CNC1=O. The Kier molecular flexibility index (Phi) is 8.26. The van der Waals surface area contributed by atoms with Crippen molar-refractivity contribution < 1.29 is 45.6 Å². The molecule has 5 rings (SSSR count). The minimum atomic E-state index is -4.67. The summed E-state index contributed by atoms with van der Waals surface area (Å²) in [7, 11) is 1.35. The molecule has 1 aliphatic carbocycles. The first-order chi connectivity index (χ1) is 20.3. The van der Waals surface area contributed by atoms with Crippen LogP contribution in [0.25, 0.3) is 5.65 Å². The van der Waals surface area contributed by atoms with E-state index in [-0.39, 0.29) is 29.6 Å². The van der Waals surface area contributed by atoms with Gasteiger partial charge in [0.15, 0.2) is 17.4 Å². The minimum Gasteiger partial charge on any atom is -0.382 e. The molecule has 234 valence electrons. The average molecular weight is 617 g/mol. The van der Waals surface area contributed by atoms with Crippen molar-refractivity contribution >= 4 is 17.6 Å².